The molecule has 1 N–H and O–H groups in total. The lowest BCUT2D eigenvalue weighted by molar-refractivity contribution is 0.0697. The minimum absolute atomic E-state index is 0.0180. The molecule has 0 bridgehead atoms. The molecule has 3 rings (SSSR count). The van der Waals surface area contributed by atoms with Gasteiger partial charge in [0.15, 0.2) is 11.4 Å². The minimum atomic E-state index is -1.14. The maximum absolute atomic E-state index is 13.6. The second-order valence-corrected chi connectivity index (χ2v) is 4.06. The summed E-state index contributed by atoms with van der Waals surface area (Å²) in [7, 11) is 0. The Morgan fingerprint density at radius 3 is 2.68 bits per heavy atom. The molecule has 4 nitrogen and oxygen atoms in total. The Kier molecular flexibility index (Phi) is 2.35. The van der Waals surface area contributed by atoms with Crippen molar-refractivity contribution in [2.45, 2.75) is 0 Å². The molecule has 0 saturated carbocycles. The molecule has 2 aromatic carbocycles. The topological polar surface area (TPSA) is 67.5 Å². The first kappa shape index (κ1) is 11.4. The number of para-hydroxylation sites is 1. The Bertz CT molecular complexity index is 880. The van der Waals surface area contributed by atoms with Crippen molar-refractivity contribution in [3.63, 3.8) is 0 Å². The average molecular weight is 258 g/mol. The van der Waals surface area contributed by atoms with Gasteiger partial charge in [-0.05, 0) is 30.3 Å². The van der Waals surface area contributed by atoms with Crippen LogP contribution < -0.4 is 5.43 Å². The summed E-state index contributed by atoms with van der Waals surface area (Å²) in [5.41, 5.74) is -0.426. The van der Waals surface area contributed by atoms with E-state index in [4.69, 9.17) is 9.52 Å². The maximum Gasteiger partial charge on any atom is 0.335 e. The number of rotatable bonds is 1. The van der Waals surface area contributed by atoms with E-state index in [1.54, 1.807) is 0 Å². The monoisotopic (exact) mass is 258 g/mol. The molecule has 94 valence electrons. The van der Waals surface area contributed by atoms with Crippen LogP contribution in [-0.4, -0.2) is 11.1 Å². The Morgan fingerprint density at radius 1 is 1.16 bits per heavy atom. The van der Waals surface area contributed by atoms with Gasteiger partial charge in [-0.15, -0.1) is 0 Å². The second-order valence-electron chi connectivity index (χ2n) is 4.06. The molecule has 1 aromatic heterocycles. The van der Waals surface area contributed by atoms with Gasteiger partial charge < -0.3 is 9.52 Å². The third kappa shape index (κ3) is 1.67. The van der Waals surface area contributed by atoms with Gasteiger partial charge in [-0.3, -0.25) is 4.79 Å². The molecule has 1 heterocycles. The average Bonchev–Trinajstić information content (AvgIpc) is 2.40. The quantitative estimate of drug-likeness (QED) is 0.681. The van der Waals surface area contributed by atoms with Crippen LogP contribution in [0, 0.1) is 5.82 Å². The van der Waals surface area contributed by atoms with Crippen molar-refractivity contribution in [3.8, 4) is 0 Å². The molecular formula is C14H7FO4. The Hall–Kier alpha value is -2.69. The third-order valence-electron chi connectivity index (χ3n) is 2.89. The number of carbonyl (C=O) groups is 1. The van der Waals surface area contributed by atoms with Crippen molar-refractivity contribution in [2.75, 3.05) is 0 Å². The molecule has 0 saturated heterocycles. The Morgan fingerprint density at radius 2 is 1.95 bits per heavy atom. The van der Waals surface area contributed by atoms with Crippen LogP contribution in [0.5, 0.6) is 0 Å². The van der Waals surface area contributed by atoms with Crippen LogP contribution in [-0.2, 0) is 0 Å². The second kappa shape index (κ2) is 3.91. The lowest BCUT2D eigenvalue weighted by Crippen LogP contribution is -2.05. The summed E-state index contributed by atoms with van der Waals surface area (Å²) in [6.45, 7) is 0. The van der Waals surface area contributed by atoms with Gasteiger partial charge in [-0.1, -0.05) is 6.07 Å². The summed E-state index contributed by atoms with van der Waals surface area (Å²) in [5, 5.41) is 9.12. The fraction of sp³-hybridized carbons (Fsp3) is 0. The molecule has 0 unspecified atom stereocenters. The van der Waals surface area contributed by atoms with Gasteiger partial charge in [0.25, 0.3) is 0 Å². The zero-order valence-electron chi connectivity index (χ0n) is 9.51. The van der Waals surface area contributed by atoms with E-state index in [9.17, 15) is 14.0 Å². The molecule has 0 aliphatic rings. The predicted octanol–water partition coefficient (Wildman–Crippen LogP) is 2.78. The van der Waals surface area contributed by atoms with E-state index < -0.39 is 17.2 Å². The summed E-state index contributed by atoms with van der Waals surface area (Å²) in [5.74, 6) is -1.76. The maximum atomic E-state index is 13.6. The number of benzene rings is 2. The van der Waals surface area contributed by atoms with E-state index in [1.807, 2.05) is 0 Å². The van der Waals surface area contributed by atoms with E-state index in [0.29, 0.717) is 0 Å². The summed E-state index contributed by atoms with van der Waals surface area (Å²) < 4.78 is 18.9. The van der Waals surface area contributed by atoms with Gasteiger partial charge >= 0.3 is 5.97 Å². The van der Waals surface area contributed by atoms with E-state index in [-0.39, 0.29) is 27.5 Å². The van der Waals surface area contributed by atoms with Crippen LogP contribution in [0.2, 0.25) is 0 Å². The highest BCUT2D eigenvalue weighted by Crippen LogP contribution is 2.21. The molecule has 0 spiro atoms. The molecule has 0 atom stereocenters. The smallest absolute Gasteiger partial charge is 0.335 e. The van der Waals surface area contributed by atoms with Crippen LogP contribution in [0.1, 0.15) is 10.4 Å². The van der Waals surface area contributed by atoms with Gasteiger partial charge in [-0.25, -0.2) is 9.18 Å². The summed E-state index contributed by atoms with van der Waals surface area (Å²) in [4.78, 5) is 23.1. The Labute approximate surface area is 105 Å². The number of carboxylic acid groups (broad SMARTS) is 1. The normalized spacial score (nSPS) is 11.0. The number of hydrogen-bond acceptors (Lipinski definition) is 3. The molecule has 0 fully saturated rings. The van der Waals surface area contributed by atoms with E-state index in [0.717, 1.165) is 0 Å². The number of halogens is 1. The molecule has 0 amide bonds. The number of aromatic carboxylic acids is 1. The van der Waals surface area contributed by atoms with Crippen molar-refractivity contribution in [3.05, 3.63) is 58.0 Å². The SMILES string of the molecule is O=C(O)c1ccc2oc3c(F)cccc3c(=O)c2c1. The fourth-order valence-corrected chi connectivity index (χ4v) is 1.98. The van der Waals surface area contributed by atoms with Crippen LogP contribution in [0.3, 0.4) is 0 Å². The minimum Gasteiger partial charge on any atom is -0.478 e. The van der Waals surface area contributed by atoms with Gasteiger partial charge in [0.05, 0.1) is 16.3 Å². The zero-order valence-corrected chi connectivity index (χ0v) is 9.51. The molecular weight excluding hydrogens is 251 g/mol. The van der Waals surface area contributed by atoms with Crippen molar-refractivity contribution in [2.24, 2.45) is 0 Å². The molecule has 0 aliphatic heterocycles. The largest absolute Gasteiger partial charge is 0.478 e. The van der Waals surface area contributed by atoms with E-state index in [1.165, 1.54) is 36.4 Å². The van der Waals surface area contributed by atoms with Crippen LogP contribution in [0.25, 0.3) is 21.9 Å². The van der Waals surface area contributed by atoms with Crippen LogP contribution in [0.4, 0.5) is 4.39 Å². The van der Waals surface area contributed by atoms with Gasteiger partial charge in [-0.2, -0.15) is 0 Å². The van der Waals surface area contributed by atoms with Crippen molar-refractivity contribution < 1.29 is 18.7 Å². The van der Waals surface area contributed by atoms with Crippen molar-refractivity contribution >= 4 is 27.9 Å². The highest BCUT2D eigenvalue weighted by atomic mass is 19.1. The molecule has 19 heavy (non-hydrogen) atoms. The number of hydrogen-bond donors (Lipinski definition) is 1. The van der Waals surface area contributed by atoms with Crippen LogP contribution in [0.15, 0.2) is 45.6 Å². The lowest BCUT2D eigenvalue weighted by atomic mass is 10.1. The molecule has 3 aromatic rings. The first-order valence-electron chi connectivity index (χ1n) is 5.46. The summed E-state index contributed by atoms with van der Waals surface area (Å²) >= 11 is 0. The molecule has 0 radical (unpaired) electrons. The first-order chi connectivity index (χ1) is 9.08. The van der Waals surface area contributed by atoms with E-state index >= 15 is 0 Å². The van der Waals surface area contributed by atoms with Gasteiger partial charge in [0, 0.05) is 0 Å². The predicted molar refractivity (Wildman–Crippen MR) is 66.9 cm³/mol. The number of carboxylic acids is 1. The zero-order chi connectivity index (χ0) is 13.6. The Balaban J connectivity index is 2.51. The molecule has 5 heteroatoms. The standard InChI is InChI=1S/C14H7FO4/c15-10-3-1-2-8-12(16)9-6-7(14(17)18)4-5-11(9)19-13(8)10/h1-6H,(H,17,18). The first-order valence-corrected chi connectivity index (χ1v) is 5.46. The van der Waals surface area contributed by atoms with Gasteiger partial charge in [0.2, 0.25) is 5.43 Å². The lowest BCUT2D eigenvalue weighted by Gasteiger charge is -2.02. The molecule has 0 aliphatic carbocycles. The highest BCUT2D eigenvalue weighted by molar-refractivity contribution is 5.96. The van der Waals surface area contributed by atoms with E-state index in [2.05, 4.69) is 0 Å². The summed E-state index contributed by atoms with van der Waals surface area (Å²) in [6, 6.07) is 7.93. The van der Waals surface area contributed by atoms with Crippen LogP contribution >= 0.6 is 0 Å². The number of fused-ring (bicyclic) bond motifs is 2. The fourth-order valence-electron chi connectivity index (χ4n) is 1.98. The summed E-state index contributed by atoms with van der Waals surface area (Å²) in [6.07, 6.45) is 0. The third-order valence-corrected chi connectivity index (χ3v) is 2.89. The van der Waals surface area contributed by atoms with Crippen molar-refractivity contribution in [1.29, 1.82) is 0 Å². The highest BCUT2D eigenvalue weighted by Gasteiger charge is 2.12. The van der Waals surface area contributed by atoms with Crippen molar-refractivity contribution in [1.82, 2.24) is 0 Å². The van der Waals surface area contributed by atoms with Gasteiger partial charge in [0.1, 0.15) is 5.58 Å².